The molecule has 1 aliphatic rings. The second-order valence-corrected chi connectivity index (χ2v) is 4.97. The molecule has 1 aromatic rings. The highest BCUT2D eigenvalue weighted by molar-refractivity contribution is 5.50. The average Bonchev–Trinajstić information content (AvgIpc) is 2.38. The zero-order valence-corrected chi connectivity index (χ0v) is 11.6. The summed E-state index contributed by atoms with van der Waals surface area (Å²) in [5.41, 5.74) is 5.94. The second kappa shape index (κ2) is 5.52. The molecule has 5 heteroatoms. The lowest BCUT2D eigenvalue weighted by molar-refractivity contribution is 0.498. The molecule has 2 heterocycles. The van der Waals surface area contributed by atoms with Crippen LogP contribution < -0.4 is 15.5 Å². The van der Waals surface area contributed by atoms with E-state index in [9.17, 15) is 0 Å². The van der Waals surface area contributed by atoms with E-state index in [4.69, 9.17) is 5.73 Å². The zero-order chi connectivity index (χ0) is 13.1. The van der Waals surface area contributed by atoms with Gasteiger partial charge in [0.15, 0.2) is 0 Å². The summed E-state index contributed by atoms with van der Waals surface area (Å²) in [6, 6.07) is 2.43. The van der Waals surface area contributed by atoms with E-state index >= 15 is 0 Å². The number of nitrogens with zero attached hydrogens (tertiary/aromatic N) is 4. The molecule has 0 spiro atoms. The van der Waals surface area contributed by atoms with Crippen molar-refractivity contribution in [3.63, 3.8) is 0 Å². The van der Waals surface area contributed by atoms with E-state index in [0.29, 0.717) is 6.04 Å². The molecule has 18 heavy (non-hydrogen) atoms. The Morgan fingerprint density at radius 2 is 2.06 bits per heavy atom. The molecule has 0 saturated carbocycles. The van der Waals surface area contributed by atoms with Gasteiger partial charge in [-0.05, 0) is 26.7 Å². The van der Waals surface area contributed by atoms with Crippen molar-refractivity contribution in [1.82, 2.24) is 9.97 Å². The van der Waals surface area contributed by atoms with Crippen molar-refractivity contribution in [2.24, 2.45) is 5.73 Å². The van der Waals surface area contributed by atoms with Gasteiger partial charge >= 0.3 is 0 Å². The minimum absolute atomic E-state index is 0.349. The predicted octanol–water partition coefficient (Wildman–Crippen LogP) is 1.17. The Kier molecular flexibility index (Phi) is 4.01. The van der Waals surface area contributed by atoms with Crippen LogP contribution in [0.3, 0.4) is 0 Å². The fraction of sp³-hybridized carbons (Fsp3) is 0.692. The van der Waals surface area contributed by atoms with Crippen LogP contribution in [0.5, 0.6) is 0 Å². The van der Waals surface area contributed by atoms with Crippen LogP contribution in [0.15, 0.2) is 6.07 Å². The van der Waals surface area contributed by atoms with Crippen LogP contribution in [0.1, 0.15) is 25.6 Å². The molecule has 1 aliphatic heterocycles. The fourth-order valence-electron chi connectivity index (χ4n) is 2.18. The lowest BCUT2D eigenvalue weighted by Crippen LogP contribution is -2.40. The first-order chi connectivity index (χ1) is 8.60. The van der Waals surface area contributed by atoms with Gasteiger partial charge in [-0.25, -0.2) is 9.97 Å². The summed E-state index contributed by atoms with van der Waals surface area (Å²) in [5.74, 6) is 2.86. The van der Waals surface area contributed by atoms with Gasteiger partial charge in [-0.2, -0.15) is 0 Å². The van der Waals surface area contributed by atoms with Gasteiger partial charge in [-0.15, -0.1) is 0 Å². The van der Waals surface area contributed by atoms with Crippen LogP contribution >= 0.6 is 0 Å². The van der Waals surface area contributed by atoms with Crippen molar-refractivity contribution in [3.8, 4) is 0 Å². The van der Waals surface area contributed by atoms with Crippen molar-refractivity contribution in [2.45, 2.75) is 32.7 Å². The SMILES string of the molecule is CCN(C)c1cc(N2CCC(N)CC2)nc(C)n1. The number of aromatic nitrogens is 2. The van der Waals surface area contributed by atoms with Gasteiger partial charge in [0.1, 0.15) is 17.5 Å². The summed E-state index contributed by atoms with van der Waals surface area (Å²) in [6.07, 6.45) is 2.09. The minimum atomic E-state index is 0.349. The van der Waals surface area contributed by atoms with Crippen molar-refractivity contribution >= 4 is 11.6 Å². The minimum Gasteiger partial charge on any atom is -0.360 e. The molecule has 100 valence electrons. The van der Waals surface area contributed by atoms with E-state index < -0.39 is 0 Å². The van der Waals surface area contributed by atoms with Crippen LogP contribution in [0.25, 0.3) is 0 Å². The van der Waals surface area contributed by atoms with Crippen molar-refractivity contribution in [2.75, 3.05) is 36.5 Å². The molecular weight excluding hydrogens is 226 g/mol. The Labute approximate surface area is 109 Å². The van der Waals surface area contributed by atoms with Gasteiger partial charge in [0.25, 0.3) is 0 Å². The van der Waals surface area contributed by atoms with Gasteiger partial charge in [0, 0.05) is 38.8 Å². The summed E-state index contributed by atoms with van der Waals surface area (Å²) in [4.78, 5) is 13.5. The number of hydrogen-bond acceptors (Lipinski definition) is 5. The number of aryl methyl sites for hydroxylation is 1. The summed E-state index contributed by atoms with van der Waals surface area (Å²) in [6.45, 7) is 7.00. The van der Waals surface area contributed by atoms with Gasteiger partial charge in [-0.1, -0.05) is 0 Å². The Balaban J connectivity index is 2.19. The molecule has 0 bridgehead atoms. The van der Waals surface area contributed by atoms with Crippen molar-refractivity contribution < 1.29 is 0 Å². The van der Waals surface area contributed by atoms with Crippen LogP contribution in [0, 0.1) is 6.92 Å². The molecule has 1 saturated heterocycles. The third-order valence-corrected chi connectivity index (χ3v) is 3.54. The van der Waals surface area contributed by atoms with E-state index in [1.165, 1.54) is 0 Å². The maximum atomic E-state index is 5.94. The highest BCUT2D eigenvalue weighted by atomic mass is 15.2. The first-order valence-electron chi connectivity index (χ1n) is 6.67. The van der Waals surface area contributed by atoms with E-state index in [-0.39, 0.29) is 0 Å². The number of nitrogens with two attached hydrogens (primary N) is 1. The van der Waals surface area contributed by atoms with Gasteiger partial charge < -0.3 is 15.5 Å². The van der Waals surface area contributed by atoms with Gasteiger partial charge in [-0.3, -0.25) is 0 Å². The first-order valence-corrected chi connectivity index (χ1v) is 6.67. The van der Waals surface area contributed by atoms with E-state index in [1.54, 1.807) is 0 Å². The van der Waals surface area contributed by atoms with E-state index in [0.717, 1.165) is 49.9 Å². The predicted molar refractivity (Wildman–Crippen MR) is 75.1 cm³/mol. The Morgan fingerprint density at radius 1 is 1.39 bits per heavy atom. The maximum absolute atomic E-state index is 5.94. The molecule has 0 unspecified atom stereocenters. The quantitative estimate of drug-likeness (QED) is 0.871. The topological polar surface area (TPSA) is 58.3 Å². The molecule has 1 aromatic heterocycles. The maximum Gasteiger partial charge on any atom is 0.134 e. The largest absolute Gasteiger partial charge is 0.360 e. The number of piperidine rings is 1. The molecule has 0 radical (unpaired) electrons. The number of rotatable bonds is 3. The molecule has 0 amide bonds. The van der Waals surface area contributed by atoms with E-state index in [2.05, 4.69) is 39.8 Å². The Bertz CT molecular complexity index is 398. The fourth-order valence-corrected chi connectivity index (χ4v) is 2.18. The van der Waals surface area contributed by atoms with E-state index in [1.807, 2.05) is 6.92 Å². The first kappa shape index (κ1) is 13.1. The molecule has 5 nitrogen and oxygen atoms in total. The summed E-state index contributed by atoms with van der Waals surface area (Å²) < 4.78 is 0. The average molecular weight is 249 g/mol. The van der Waals surface area contributed by atoms with Gasteiger partial charge in [0.05, 0.1) is 0 Å². The summed E-state index contributed by atoms with van der Waals surface area (Å²) in [5, 5.41) is 0. The zero-order valence-electron chi connectivity index (χ0n) is 11.6. The molecular formula is C13H23N5. The lowest BCUT2D eigenvalue weighted by atomic mass is 10.1. The standard InChI is InChI=1S/C13H23N5/c1-4-17(3)12-9-13(16-10(2)15-12)18-7-5-11(14)6-8-18/h9,11H,4-8,14H2,1-3H3. The Hall–Kier alpha value is -1.36. The lowest BCUT2D eigenvalue weighted by Gasteiger charge is -2.31. The highest BCUT2D eigenvalue weighted by Crippen LogP contribution is 2.21. The van der Waals surface area contributed by atoms with Crippen LogP contribution in [-0.4, -0.2) is 42.7 Å². The monoisotopic (exact) mass is 249 g/mol. The number of anilines is 2. The van der Waals surface area contributed by atoms with Crippen LogP contribution in [0.2, 0.25) is 0 Å². The molecule has 0 aliphatic carbocycles. The third kappa shape index (κ3) is 2.90. The molecule has 0 atom stereocenters. The normalized spacial score (nSPS) is 17.0. The second-order valence-electron chi connectivity index (χ2n) is 4.97. The van der Waals surface area contributed by atoms with Crippen molar-refractivity contribution in [1.29, 1.82) is 0 Å². The summed E-state index contributed by atoms with van der Waals surface area (Å²) >= 11 is 0. The number of hydrogen-bond donors (Lipinski definition) is 1. The van der Waals surface area contributed by atoms with Gasteiger partial charge in [0.2, 0.25) is 0 Å². The summed E-state index contributed by atoms with van der Waals surface area (Å²) in [7, 11) is 2.05. The van der Waals surface area contributed by atoms with Crippen LogP contribution in [-0.2, 0) is 0 Å². The molecule has 2 rings (SSSR count). The molecule has 1 fully saturated rings. The Morgan fingerprint density at radius 3 is 2.67 bits per heavy atom. The van der Waals surface area contributed by atoms with Crippen LogP contribution in [0.4, 0.5) is 11.6 Å². The third-order valence-electron chi connectivity index (χ3n) is 3.54. The smallest absolute Gasteiger partial charge is 0.134 e. The molecule has 0 aromatic carbocycles. The van der Waals surface area contributed by atoms with Crippen molar-refractivity contribution in [3.05, 3.63) is 11.9 Å². The molecule has 2 N–H and O–H groups in total. The highest BCUT2D eigenvalue weighted by Gasteiger charge is 2.18.